The second-order valence-electron chi connectivity index (χ2n) is 7.27. The third kappa shape index (κ3) is 2.13. The summed E-state index contributed by atoms with van der Waals surface area (Å²) < 4.78 is 8.11. The van der Waals surface area contributed by atoms with Crippen LogP contribution in [0.5, 0.6) is 0 Å². The lowest BCUT2D eigenvalue weighted by atomic mass is 10.1. The van der Waals surface area contributed by atoms with Gasteiger partial charge in [0, 0.05) is 27.2 Å². The highest BCUT2D eigenvalue weighted by atomic mass is 16.3. The number of fused-ring (bicyclic) bond motifs is 6. The van der Waals surface area contributed by atoms with E-state index in [1.807, 2.05) is 48.5 Å². The summed E-state index contributed by atoms with van der Waals surface area (Å²) in [5.74, 6) is 0. The van der Waals surface area contributed by atoms with Crippen LogP contribution in [0.1, 0.15) is 11.1 Å². The summed E-state index contributed by atoms with van der Waals surface area (Å²) in [6.45, 7) is 0. The van der Waals surface area contributed by atoms with Crippen LogP contribution in [0.25, 0.3) is 49.4 Å². The first-order chi connectivity index (χ1) is 14.8. The lowest BCUT2D eigenvalue weighted by molar-refractivity contribution is 0.669. The normalized spacial score (nSPS) is 11.3. The van der Waals surface area contributed by atoms with Crippen LogP contribution >= 0.6 is 0 Å². The van der Waals surface area contributed by atoms with Gasteiger partial charge in [-0.25, -0.2) is 0 Å². The maximum absolute atomic E-state index is 9.76. The molecular formula is C26H13N3O. The number of hydrogen-bond acceptors (Lipinski definition) is 3. The second-order valence-corrected chi connectivity index (χ2v) is 7.27. The summed E-state index contributed by atoms with van der Waals surface area (Å²) in [5, 5.41) is 23.1. The lowest BCUT2D eigenvalue weighted by Crippen LogP contribution is -1.95. The Morgan fingerprint density at radius 1 is 0.667 bits per heavy atom. The van der Waals surface area contributed by atoms with E-state index in [0.717, 1.165) is 49.4 Å². The third-order valence-corrected chi connectivity index (χ3v) is 5.66. The molecule has 2 aromatic heterocycles. The van der Waals surface area contributed by atoms with E-state index in [4.69, 9.17) is 4.42 Å². The zero-order chi connectivity index (χ0) is 20.2. The quantitative estimate of drug-likeness (QED) is 0.329. The molecule has 30 heavy (non-hydrogen) atoms. The summed E-state index contributed by atoms with van der Waals surface area (Å²) in [4.78, 5) is 0. The number of nitrogens with zero attached hydrogens (tertiary/aromatic N) is 3. The minimum Gasteiger partial charge on any atom is -0.456 e. The average molecular weight is 383 g/mol. The second kappa shape index (κ2) is 5.98. The summed E-state index contributed by atoms with van der Waals surface area (Å²) >= 11 is 0. The molecule has 0 N–H and O–H groups in total. The molecule has 0 fully saturated rings. The SMILES string of the molecule is N#Cc1ccc2oc3ccc(-n4c5ccccc5c5cccc(C#N)c54)cc3c2c1. The van der Waals surface area contributed by atoms with E-state index in [2.05, 4.69) is 41.0 Å². The first-order valence-electron chi connectivity index (χ1n) is 9.57. The molecular weight excluding hydrogens is 370 g/mol. The zero-order valence-electron chi connectivity index (χ0n) is 15.8. The maximum atomic E-state index is 9.76. The molecule has 0 aliphatic carbocycles. The molecule has 138 valence electrons. The van der Waals surface area contributed by atoms with Gasteiger partial charge in [-0.05, 0) is 48.5 Å². The molecule has 6 aromatic rings. The number of rotatable bonds is 1. The smallest absolute Gasteiger partial charge is 0.135 e. The highest BCUT2D eigenvalue weighted by Crippen LogP contribution is 2.36. The number of nitriles is 2. The van der Waals surface area contributed by atoms with Gasteiger partial charge in [-0.2, -0.15) is 10.5 Å². The molecule has 0 saturated heterocycles. The van der Waals surface area contributed by atoms with Crippen molar-refractivity contribution in [3.8, 4) is 17.8 Å². The Morgan fingerprint density at radius 3 is 2.27 bits per heavy atom. The van der Waals surface area contributed by atoms with Gasteiger partial charge >= 0.3 is 0 Å². The van der Waals surface area contributed by atoms with E-state index in [-0.39, 0.29) is 0 Å². The molecule has 0 spiro atoms. The Hall–Kier alpha value is -4.54. The Labute approximate surface area is 171 Å². The van der Waals surface area contributed by atoms with Gasteiger partial charge in [-0.3, -0.25) is 0 Å². The number of furan rings is 1. The fraction of sp³-hybridized carbons (Fsp3) is 0. The van der Waals surface area contributed by atoms with E-state index < -0.39 is 0 Å². The lowest BCUT2D eigenvalue weighted by Gasteiger charge is -2.09. The Balaban J connectivity index is 1.76. The highest BCUT2D eigenvalue weighted by Gasteiger charge is 2.16. The summed E-state index contributed by atoms with van der Waals surface area (Å²) in [7, 11) is 0. The molecule has 6 rings (SSSR count). The predicted octanol–water partition coefficient (Wildman–Crippen LogP) is 6.43. The number of benzene rings is 4. The van der Waals surface area contributed by atoms with Crippen molar-refractivity contribution in [1.82, 2.24) is 4.57 Å². The molecule has 2 heterocycles. The fourth-order valence-electron chi connectivity index (χ4n) is 4.35. The topological polar surface area (TPSA) is 65.7 Å². The van der Waals surface area contributed by atoms with Crippen molar-refractivity contribution in [1.29, 1.82) is 10.5 Å². The van der Waals surface area contributed by atoms with Crippen LogP contribution < -0.4 is 0 Å². The van der Waals surface area contributed by atoms with Crippen LogP contribution in [-0.2, 0) is 0 Å². The third-order valence-electron chi connectivity index (χ3n) is 5.66. The predicted molar refractivity (Wildman–Crippen MR) is 117 cm³/mol. The van der Waals surface area contributed by atoms with Crippen molar-refractivity contribution >= 4 is 43.7 Å². The van der Waals surface area contributed by atoms with Crippen molar-refractivity contribution in [3.05, 3.63) is 90.0 Å². The van der Waals surface area contributed by atoms with E-state index >= 15 is 0 Å². The van der Waals surface area contributed by atoms with Gasteiger partial charge in [-0.15, -0.1) is 0 Å². The van der Waals surface area contributed by atoms with E-state index in [0.29, 0.717) is 11.1 Å². The van der Waals surface area contributed by atoms with Crippen LogP contribution in [-0.4, -0.2) is 4.57 Å². The summed E-state index contributed by atoms with van der Waals surface area (Å²) in [5.41, 5.74) is 5.63. The molecule has 4 aromatic carbocycles. The number of hydrogen-bond donors (Lipinski definition) is 0. The maximum Gasteiger partial charge on any atom is 0.135 e. The zero-order valence-corrected chi connectivity index (χ0v) is 15.8. The van der Waals surface area contributed by atoms with Crippen LogP contribution in [0.3, 0.4) is 0 Å². The van der Waals surface area contributed by atoms with Gasteiger partial charge < -0.3 is 8.98 Å². The largest absolute Gasteiger partial charge is 0.456 e. The van der Waals surface area contributed by atoms with Crippen molar-refractivity contribution in [2.45, 2.75) is 0 Å². The van der Waals surface area contributed by atoms with Gasteiger partial charge in [-0.1, -0.05) is 30.3 Å². The molecule has 0 bridgehead atoms. The molecule has 0 atom stereocenters. The van der Waals surface area contributed by atoms with E-state index in [9.17, 15) is 10.5 Å². The number of para-hydroxylation sites is 2. The molecule has 0 aliphatic rings. The van der Waals surface area contributed by atoms with Gasteiger partial charge in [0.1, 0.15) is 17.2 Å². The van der Waals surface area contributed by atoms with Crippen LogP contribution in [0, 0.1) is 22.7 Å². The van der Waals surface area contributed by atoms with Crippen molar-refractivity contribution in [3.63, 3.8) is 0 Å². The standard InChI is InChI=1S/C26H13N3O/c27-14-16-8-10-24-21(12-16)22-13-18(9-11-25(22)30-24)29-23-7-2-1-5-19(23)20-6-3-4-17(15-28)26(20)29/h1-13H. The van der Waals surface area contributed by atoms with E-state index in [1.54, 1.807) is 6.07 Å². The van der Waals surface area contributed by atoms with Gasteiger partial charge in [0.25, 0.3) is 0 Å². The molecule has 4 nitrogen and oxygen atoms in total. The molecule has 0 radical (unpaired) electrons. The molecule has 4 heteroatoms. The van der Waals surface area contributed by atoms with Crippen molar-refractivity contribution in [2.24, 2.45) is 0 Å². The molecule has 0 amide bonds. The molecule has 0 aliphatic heterocycles. The average Bonchev–Trinajstić information content (AvgIpc) is 3.33. The van der Waals surface area contributed by atoms with Crippen molar-refractivity contribution in [2.75, 3.05) is 0 Å². The Kier molecular flexibility index (Phi) is 3.27. The van der Waals surface area contributed by atoms with Crippen molar-refractivity contribution < 1.29 is 4.42 Å². The first-order valence-corrected chi connectivity index (χ1v) is 9.57. The van der Waals surface area contributed by atoms with E-state index in [1.165, 1.54) is 0 Å². The highest BCUT2D eigenvalue weighted by molar-refractivity contribution is 6.12. The van der Waals surface area contributed by atoms with Crippen LogP contribution in [0.2, 0.25) is 0 Å². The van der Waals surface area contributed by atoms with Crippen LogP contribution in [0.4, 0.5) is 0 Å². The molecule has 0 unspecified atom stereocenters. The minimum atomic E-state index is 0.597. The van der Waals surface area contributed by atoms with Crippen LogP contribution in [0.15, 0.2) is 83.3 Å². The van der Waals surface area contributed by atoms with Gasteiger partial charge in [0.15, 0.2) is 0 Å². The van der Waals surface area contributed by atoms with Gasteiger partial charge in [0.2, 0.25) is 0 Å². The summed E-state index contributed by atoms with van der Waals surface area (Å²) in [6, 6.07) is 30.0. The number of aromatic nitrogens is 1. The summed E-state index contributed by atoms with van der Waals surface area (Å²) in [6.07, 6.45) is 0. The fourth-order valence-corrected chi connectivity index (χ4v) is 4.35. The first kappa shape index (κ1) is 16.4. The monoisotopic (exact) mass is 383 g/mol. The molecule has 0 saturated carbocycles. The Bertz CT molecular complexity index is 1720. The van der Waals surface area contributed by atoms with Gasteiger partial charge in [0.05, 0.1) is 28.2 Å². The minimum absolute atomic E-state index is 0.597. The Morgan fingerprint density at radius 2 is 1.43 bits per heavy atom.